The molecule has 1 amide bonds. The van der Waals surface area contributed by atoms with Crippen molar-refractivity contribution in [2.45, 2.75) is 38.0 Å². The number of benzene rings is 2. The van der Waals surface area contributed by atoms with E-state index < -0.39 is 0 Å². The highest BCUT2D eigenvalue weighted by molar-refractivity contribution is 6.07. The highest BCUT2D eigenvalue weighted by Crippen LogP contribution is 2.51. The maximum Gasteiger partial charge on any atom is 0.258 e. The van der Waals surface area contributed by atoms with Crippen LogP contribution in [0.2, 0.25) is 0 Å². The minimum absolute atomic E-state index is 0.186. The molecule has 4 rings (SSSR count). The van der Waals surface area contributed by atoms with Crippen LogP contribution in [0, 0.1) is 18.6 Å². The molecule has 1 heterocycles. The molecule has 0 bridgehead atoms. The van der Waals surface area contributed by atoms with E-state index in [1.54, 1.807) is 24.0 Å². The second kappa shape index (κ2) is 5.40. The van der Waals surface area contributed by atoms with E-state index in [9.17, 15) is 13.6 Å². The molecular formula is C20H19F2NO. The lowest BCUT2D eigenvalue weighted by Crippen LogP contribution is -2.35. The SMILES string of the molecule is Cc1cc(C(=O)N2CC3(CCCC3)c3c(F)cccc32)ccc1F. The molecule has 2 nitrogen and oxygen atoms in total. The van der Waals surface area contributed by atoms with Crippen LogP contribution in [0.4, 0.5) is 14.5 Å². The number of fused-ring (bicyclic) bond motifs is 2. The second-order valence-corrected chi connectivity index (χ2v) is 6.98. The van der Waals surface area contributed by atoms with Crippen LogP contribution in [0.3, 0.4) is 0 Å². The normalized spacial score (nSPS) is 18.2. The number of carbonyl (C=O) groups is 1. The number of aryl methyl sites for hydroxylation is 1. The number of carbonyl (C=O) groups excluding carboxylic acids is 1. The Kier molecular flexibility index (Phi) is 3.44. The van der Waals surface area contributed by atoms with E-state index in [0.29, 0.717) is 28.9 Å². The summed E-state index contributed by atoms with van der Waals surface area (Å²) in [5.41, 5.74) is 1.98. The predicted octanol–water partition coefficient (Wildman–Crippen LogP) is 4.75. The van der Waals surface area contributed by atoms with E-state index in [0.717, 1.165) is 25.7 Å². The van der Waals surface area contributed by atoms with Crippen LogP contribution < -0.4 is 4.90 Å². The number of amides is 1. The van der Waals surface area contributed by atoms with Gasteiger partial charge in [-0.1, -0.05) is 18.9 Å². The molecule has 1 saturated carbocycles. The monoisotopic (exact) mass is 327 g/mol. The number of hydrogen-bond donors (Lipinski definition) is 0. The molecule has 124 valence electrons. The molecule has 0 radical (unpaired) electrons. The molecule has 2 aliphatic rings. The lowest BCUT2D eigenvalue weighted by atomic mass is 9.80. The lowest BCUT2D eigenvalue weighted by Gasteiger charge is -2.25. The van der Waals surface area contributed by atoms with Crippen molar-refractivity contribution in [1.29, 1.82) is 0 Å². The highest BCUT2D eigenvalue weighted by Gasteiger charge is 2.48. The van der Waals surface area contributed by atoms with Crippen LogP contribution in [0.1, 0.15) is 47.2 Å². The number of nitrogens with zero attached hydrogens (tertiary/aromatic N) is 1. The van der Waals surface area contributed by atoms with Gasteiger partial charge in [-0.15, -0.1) is 0 Å². The first-order valence-corrected chi connectivity index (χ1v) is 8.39. The zero-order valence-electron chi connectivity index (χ0n) is 13.6. The number of rotatable bonds is 1. The third-order valence-electron chi connectivity index (χ3n) is 5.48. The third kappa shape index (κ3) is 2.16. The summed E-state index contributed by atoms with van der Waals surface area (Å²) in [7, 11) is 0. The Morgan fingerprint density at radius 3 is 2.54 bits per heavy atom. The Balaban J connectivity index is 1.78. The van der Waals surface area contributed by atoms with Gasteiger partial charge in [-0.2, -0.15) is 0 Å². The average molecular weight is 327 g/mol. The largest absolute Gasteiger partial charge is 0.307 e. The summed E-state index contributed by atoms with van der Waals surface area (Å²) in [6.45, 7) is 2.15. The fraction of sp³-hybridized carbons (Fsp3) is 0.350. The van der Waals surface area contributed by atoms with Gasteiger partial charge in [-0.3, -0.25) is 4.79 Å². The van der Waals surface area contributed by atoms with Gasteiger partial charge in [0.2, 0.25) is 0 Å². The third-order valence-corrected chi connectivity index (χ3v) is 5.48. The summed E-state index contributed by atoms with van der Waals surface area (Å²) in [6, 6.07) is 9.34. The Labute approximate surface area is 140 Å². The van der Waals surface area contributed by atoms with Gasteiger partial charge in [0.1, 0.15) is 11.6 Å². The van der Waals surface area contributed by atoms with Crippen molar-refractivity contribution in [3.63, 3.8) is 0 Å². The smallest absolute Gasteiger partial charge is 0.258 e. The molecule has 1 fully saturated rings. The van der Waals surface area contributed by atoms with E-state index in [2.05, 4.69) is 0 Å². The van der Waals surface area contributed by atoms with Gasteiger partial charge in [-0.05, 0) is 55.7 Å². The molecule has 2 aromatic carbocycles. The fourth-order valence-corrected chi connectivity index (χ4v) is 4.30. The summed E-state index contributed by atoms with van der Waals surface area (Å²) >= 11 is 0. The van der Waals surface area contributed by atoms with Crippen LogP contribution in [-0.4, -0.2) is 12.5 Å². The maximum absolute atomic E-state index is 14.6. The fourth-order valence-electron chi connectivity index (χ4n) is 4.30. The summed E-state index contributed by atoms with van der Waals surface area (Å²) in [6.07, 6.45) is 3.94. The molecule has 1 aliphatic heterocycles. The molecule has 0 atom stereocenters. The van der Waals surface area contributed by atoms with Crippen molar-refractivity contribution in [1.82, 2.24) is 0 Å². The van der Waals surface area contributed by atoms with Crippen LogP contribution in [0.25, 0.3) is 0 Å². The van der Waals surface area contributed by atoms with Crippen molar-refractivity contribution in [2.75, 3.05) is 11.4 Å². The Morgan fingerprint density at radius 2 is 1.83 bits per heavy atom. The van der Waals surface area contributed by atoms with E-state index >= 15 is 0 Å². The van der Waals surface area contributed by atoms with Gasteiger partial charge in [0.05, 0.1) is 5.69 Å². The molecule has 2 aromatic rings. The molecule has 24 heavy (non-hydrogen) atoms. The zero-order valence-corrected chi connectivity index (χ0v) is 13.6. The maximum atomic E-state index is 14.6. The predicted molar refractivity (Wildman–Crippen MR) is 89.4 cm³/mol. The topological polar surface area (TPSA) is 20.3 Å². The second-order valence-electron chi connectivity index (χ2n) is 6.98. The van der Waals surface area contributed by atoms with Crippen molar-refractivity contribution in [3.8, 4) is 0 Å². The first kappa shape index (κ1) is 15.3. The summed E-state index contributed by atoms with van der Waals surface area (Å²) < 4.78 is 28.1. The van der Waals surface area contributed by atoms with E-state index in [4.69, 9.17) is 0 Å². The number of anilines is 1. The molecule has 0 aromatic heterocycles. The molecule has 1 spiro atoms. The van der Waals surface area contributed by atoms with Gasteiger partial charge >= 0.3 is 0 Å². The Morgan fingerprint density at radius 1 is 1.08 bits per heavy atom. The van der Waals surface area contributed by atoms with E-state index in [-0.39, 0.29) is 23.0 Å². The van der Waals surface area contributed by atoms with E-state index in [1.807, 2.05) is 6.07 Å². The molecule has 0 saturated heterocycles. The van der Waals surface area contributed by atoms with Gasteiger partial charge in [0.25, 0.3) is 5.91 Å². The zero-order chi connectivity index (χ0) is 16.9. The van der Waals surface area contributed by atoms with Crippen LogP contribution in [0.15, 0.2) is 36.4 Å². The molecule has 4 heteroatoms. The summed E-state index contributed by atoms with van der Waals surface area (Å²) in [5, 5.41) is 0. The van der Waals surface area contributed by atoms with Gasteiger partial charge < -0.3 is 4.90 Å². The Bertz CT molecular complexity index is 824. The first-order valence-electron chi connectivity index (χ1n) is 8.39. The van der Waals surface area contributed by atoms with Crippen molar-refractivity contribution in [3.05, 3.63) is 64.7 Å². The first-order chi connectivity index (χ1) is 11.5. The lowest BCUT2D eigenvalue weighted by molar-refractivity contribution is 0.0984. The van der Waals surface area contributed by atoms with Crippen LogP contribution in [-0.2, 0) is 5.41 Å². The summed E-state index contributed by atoms with van der Waals surface area (Å²) in [5.74, 6) is -0.736. The molecule has 0 unspecified atom stereocenters. The highest BCUT2D eigenvalue weighted by atomic mass is 19.1. The molecular weight excluding hydrogens is 308 g/mol. The molecule has 0 N–H and O–H groups in total. The van der Waals surface area contributed by atoms with Crippen LogP contribution >= 0.6 is 0 Å². The quantitative estimate of drug-likeness (QED) is 0.740. The number of halogens is 2. The summed E-state index contributed by atoms with van der Waals surface area (Å²) in [4.78, 5) is 14.7. The van der Waals surface area contributed by atoms with Gasteiger partial charge in [0.15, 0.2) is 0 Å². The minimum atomic E-state index is -0.327. The standard InChI is InChI=1S/C20H19F2NO/c1-13-11-14(7-8-15(13)21)19(24)23-12-20(9-2-3-10-20)18-16(22)5-4-6-17(18)23/h4-8,11H,2-3,9-10,12H2,1H3. The number of hydrogen-bond acceptors (Lipinski definition) is 1. The van der Waals surface area contributed by atoms with E-state index in [1.165, 1.54) is 18.2 Å². The minimum Gasteiger partial charge on any atom is -0.307 e. The van der Waals surface area contributed by atoms with Gasteiger partial charge in [-0.25, -0.2) is 8.78 Å². The van der Waals surface area contributed by atoms with Crippen LogP contribution in [0.5, 0.6) is 0 Å². The van der Waals surface area contributed by atoms with Crippen molar-refractivity contribution < 1.29 is 13.6 Å². The van der Waals surface area contributed by atoms with Crippen molar-refractivity contribution in [2.24, 2.45) is 0 Å². The molecule has 1 aliphatic carbocycles. The Hall–Kier alpha value is -2.23. The average Bonchev–Trinajstić information content (AvgIpc) is 3.16. The van der Waals surface area contributed by atoms with Gasteiger partial charge in [0, 0.05) is 23.1 Å². The van der Waals surface area contributed by atoms with Crippen molar-refractivity contribution >= 4 is 11.6 Å².